The number of hydrogen-bond acceptors (Lipinski definition) is 4. The normalized spacial score (nSPS) is 11.5. The van der Waals surface area contributed by atoms with Gasteiger partial charge in [-0.2, -0.15) is 0 Å². The predicted molar refractivity (Wildman–Crippen MR) is 110 cm³/mol. The van der Waals surface area contributed by atoms with Crippen molar-refractivity contribution >= 4 is 11.9 Å². The topological polar surface area (TPSA) is 89.5 Å². The van der Waals surface area contributed by atoms with Gasteiger partial charge in [-0.1, -0.05) is 83.3 Å². The molecule has 6 heteroatoms. The minimum Gasteiger partial charge on any atom is -0.548 e. The molecule has 1 atom stereocenters. The van der Waals surface area contributed by atoms with Crippen LogP contribution in [0.4, 0.5) is 0 Å². The number of carbonyl (C=O) groups excluding carboxylic acids is 2. The second kappa shape index (κ2) is 18.4. The van der Waals surface area contributed by atoms with Gasteiger partial charge in [0, 0.05) is 6.42 Å². The van der Waals surface area contributed by atoms with Gasteiger partial charge in [0.2, 0.25) is 5.91 Å². The van der Waals surface area contributed by atoms with Crippen LogP contribution >= 0.6 is 0 Å². The Bertz CT molecular complexity index is 563. The minimum absolute atomic E-state index is 0. The molecule has 0 radical (unpaired) electrons. The maximum Gasteiger partial charge on any atom is 1.00 e. The van der Waals surface area contributed by atoms with E-state index >= 15 is 0 Å². The van der Waals surface area contributed by atoms with Crippen LogP contribution < -0.4 is 61.8 Å². The van der Waals surface area contributed by atoms with E-state index in [1.807, 2.05) is 0 Å². The molecule has 1 amide bonds. The number of unbranched alkanes of at least 4 members (excludes halogenated alkanes) is 10. The third-order valence-corrected chi connectivity index (χ3v) is 5.00. The number of hydrogen-bond donors (Lipinski definition) is 2. The van der Waals surface area contributed by atoms with Gasteiger partial charge in [0.25, 0.3) is 0 Å². The number of nitrogens with one attached hydrogen (secondary N) is 1. The van der Waals surface area contributed by atoms with Crippen molar-refractivity contribution in [1.82, 2.24) is 5.32 Å². The average molecular weight is 430 g/mol. The summed E-state index contributed by atoms with van der Waals surface area (Å²) < 4.78 is 0. The molecule has 0 unspecified atom stereocenters. The van der Waals surface area contributed by atoms with Crippen molar-refractivity contribution in [2.24, 2.45) is 0 Å². The smallest absolute Gasteiger partial charge is 0.548 e. The van der Waals surface area contributed by atoms with Crippen molar-refractivity contribution in [1.29, 1.82) is 0 Å². The Morgan fingerprint density at radius 3 is 1.86 bits per heavy atom. The molecule has 0 saturated carbocycles. The molecule has 0 bridgehead atoms. The van der Waals surface area contributed by atoms with Crippen LogP contribution in [0.1, 0.15) is 89.5 Å². The van der Waals surface area contributed by atoms with Crippen LogP contribution in [0.15, 0.2) is 24.3 Å². The largest absolute Gasteiger partial charge is 1.00 e. The summed E-state index contributed by atoms with van der Waals surface area (Å²) in [5, 5.41) is 23.1. The number of phenols is 1. The minimum atomic E-state index is -1.29. The van der Waals surface area contributed by atoms with Gasteiger partial charge in [0.05, 0.1) is 12.0 Å². The molecular weight excluding hydrogens is 393 g/mol. The molecule has 0 aliphatic heterocycles. The molecule has 0 heterocycles. The van der Waals surface area contributed by atoms with E-state index in [1.165, 1.54) is 63.5 Å². The van der Waals surface area contributed by atoms with E-state index in [1.54, 1.807) is 12.1 Å². The first-order valence-corrected chi connectivity index (χ1v) is 10.8. The summed E-state index contributed by atoms with van der Waals surface area (Å²) in [4.78, 5) is 23.3. The molecule has 0 aromatic heterocycles. The molecule has 5 nitrogen and oxygen atoms in total. The quantitative estimate of drug-likeness (QED) is 0.301. The number of aromatic hydroxyl groups is 1. The van der Waals surface area contributed by atoms with Crippen LogP contribution in [0.5, 0.6) is 5.75 Å². The summed E-state index contributed by atoms with van der Waals surface area (Å²) in [6, 6.07) is 5.22. The summed E-state index contributed by atoms with van der Waals surface area (Å²) in [7, 11) is 0. The van der Waals surface area contributed by atoms with Gasteiger partial charge in [-0.3, -0.25) is 4.79 Å². The first-order chi connectivity index (χ1) is 13.5. The number of rotatable bonds is 16. The number of benzene rings is 1. The van der Waals surface area contributed by atoms with Gasteiger partial charge >= 0.3 is 51.4 Å². The molecule has 0 saturated heterocycles. The Balaban J connectivity index is 0.00000784. The van der Waals surface area contributed by atoms with Crippen molar-refractivity contribution in [2.45, 2.75) is 96.4 Å². The van der Waals surface area contributed by atoms with Crippen molar-refractivity contribution < 1.29 is 71.2 Å². The third kappa shape index (κ3) is 15.1. The van der Waals surface area contributed by atoms with Crippen molar-refractivity contribution in [3.05, 3.63) is 29.8 Å². The number of amides is 1. The Morgan fingerprint density at radius 1 is 0.897 bits per heavy atom. The zero-order chi connectivity index (χ0) is 20.6. The summed E-state index contributed by atoms with van der Waals surface area (Å²) in [6.07, 6.45) is 13.8. The third-order valence-electron chi connectivity index (χ3n) is 5.00. The molecule has 1 aromatic carbocycles. The van der Waals surface area contributed by atoms with Crippen LogP contribution in [0.3, 0.4) is 0 Å². The fraction of sp³-hybridized carbons (Fsp3) is 0.652. The van der Waals surface area contributed by atoms with Gasteiger partial charge in [-0.15, -0.1) is 0 Å². The molecule has 0 fully saturated rings. The van der Waals surface area contributed by atoms with E-state index < -0.39 is 12.0 Å². The first kappa shape index (κ1) is 28.6. The van der Waals surface area contributed by atoms with Crippen LogP contribution in [-0.2, 0) is 16.0 Å². The molecule has 0 aliphatic rings. The van der Waals surface area contributed by atoms with Crippen LogP contribution in [0, 0.1) is 0 Å². The Morgan fingerprint density at radius 2 is 1.38 bits per heavy atom. The zero-order valence-corrected chi connectivity index (χ0v) is 21.4. The maximum atomic E-state index is 12.0. The van der Waals surface area contributed by atoms with E-state index in [0.29, 0.717) is 6.42 Å². The SMILES string of the molecule is CCCCCCCCCCCCCC(=O)N[C@H](Cc1ccc(O)cc1)C(=O)[O-].[K+]. The number of carbonyl (C=O) groups is 2. The second-order valence-electron chi connectivity index (χ2n) is 7.60. The number of carboxylic acids is 1. The van der Waals surface area contributed by atoms with Gasteiger partial charge in [0.15, 0.2) is 0 Å². The summed E-state index contributed by atoms with van der Waals surface area (Å²) in [5.41, 5.74) is 0.724. The van der Waals surface area contributed by atoms with Crippen molar-refractivity contribution in [3.63, 3.8) is 0 Å². The van der Waals surface area contributed by atoms with E-state index in [9.17, 15) is 19.8 Å². The Kier molecular flexibility index (Phi) is 18.1. The van der Waals surface area contributed by atoms with Crippen molar-refractivity contribution in [2.75, 3.05) is 0 Å². The monoisotopic (exact) mass is 429 g/mol. The van der Waals surface area contributed by atoms with E-state index in [2.05, 4.69) is 12.2 Å². The summed E-state index contributed by atoms with van der Waals surface area (Å²) in [5.74, 6) is -1.42. The van der Waals surface area contributed by atoms with Gasteiger partial charge < -0.3 is 20.3 Å². The number of phenolic OH excluding ortho intramolecular Hbond substituents is 1. The fourth-order valence-electron chi connectivity index (χ4n) is 3.28. The van der Waals surface area contributed by atoms with E-state index in [0.717, 1.165) is 24.8 Å². The number of aliphatic carboxylic acids is 1. The van der Waals surface area contributed by atoms with Crippen molar-refractivity contribution in [3.8, 4) is 5.75 Å². The summed E-state index contributed by atoms with van der Waals surface area (Å²) in [6.45, 7) is 2.23. The predicted octanol–water partition coefficient (Wildman–Crippen LogP) is 0.875. The van der Waals surface area contributed by atoms with Crippen LogP contribution in [0.25, 0.3) is 0 Å². The average Bonchev–Trinajstić information content (AvgIpc) is 2.67. The van der Waals surface area contributed by atoms with Gasteiger partial charge in [-0.25, -0.2) is 0 Å². The Labute approximate surface area is 218 Å². The second-order valence-corrected chi connectivity index (χ2v) is 7.60. The maximum absolute atomic E-state index is 12.0. The molecule has 1 aromatic rings. The Hall–Kier alpha value is -0.404. The fourth-order valence-corrected chi connectivity index (χ4v) is 3.28. The molecule has 158 valence electrons. The number of carboxylic acid groups (broad SMARTS) is 1. The van der Waals surface area contributed by atoms with E-state index in [4.69, 9.17) is 0 Å². The van der Waals surface area contributed by atoms with Gasteiger partial charge in [0.1, 0.15) is 5.75 Å². The molecule has 29 heavy (non-hydrogen) atoms. The molecule has 0 aliphatic carbocycles. The van der Waals surface area contributed by atoms with Gasteiger partial charge in [-0.05, 0) is 30.5 Å². The van der Waals surface area contributed by atoms with E-state index in [-0.39, 0.29) is 69.5 Å². The zero-order valence-electron chi connectivity index (χ0n) is 18.3. The van der Waals surface area contributed by atoms with Crippen LogP contribution in [0.2, 0.25) is 0 Å². The molecule has 1 rings (SSSR count). The standard InChI is InChI=1S/C23H37NO4.K/c1-2-3-4-5-6-7-8-9-10-11-12-13-22(26)24-21(23(27)28)18-19-14-16-20(25)17-15-19;/h14-17,21,25H,2-13,18H2,1H3,(H,24,26)(H,27,28);/q;+1/p-1/t21-;/m1./s1. The molecule has 0 spiro atoms. The summed E-state index contributed by atoms with van der Waals surface area (Å²) >= 11 is 0. The molecule has 2 N–H and O–H groups in total. The van der Waals surface area contributed by atoms with Crippen LogP contribution in [-0.4, -0.2) is 23.0 Å². The molecular formula is C23H36KNO4. The first-order valence-electron chi connectivity index (χ1n) is 10.8.